The first-order valence-corrected chi connectivity index (χ1v) is 5.85. The van der Waals surface area contributed by atoms with Gasteiger partial charge in [0.1, 0.15) is 11.6 Å². The Morgan fingerprint density at radius 3 is 2.53 bits per heavy atom. The molecule has 0 aromatic heterocycles. The van der Waals surface area contributed by atoms with E-state index in [0.29, 0.717) is 0 Å². The molecule has 2 nitrogen and oxygen atoms in total. The number of hydrogen-bond acceptors (Lipinski definition) is 2. The zero-order valence-electron chi connectivity index (χ0n) is 9.90. The highest BCUT2D eigenvalue weighted by Gasteiger charge is 2.43. The van der Waals surface area contributed by atoms with E-state index in [-0.39, 0.29) is 16.9 Å². The van der Waals surface area contributed by atoms with Crippen LogP contribution in [0.25, 0.3) is 0 Å². The molecule has 2 aromatic carbocycles. The molecule has 1 atom stereocenters. The Morgan fingerprint density at radius 1 is 1.05 bits per heavy atom. The summed E-state index contributed by atoms with van der Waals surface area (Å²) < 4.78 is 33.6. The van der Waals surface area contributed by atoms with Crippen LogP contribution in [-0.4, -0.2) is 5.78 Å². The highest BCUT2D eigenvalue weighted by atomic mass is 19.2. The number of alkyl halides is 1. The SMILES string of the molecule is O=C1CC(F)(c2ccccc2)Oc2cccc(F)c21. The molecular formula is C15H10F2O2. The lowest BCUT2D eigenvalue weighted by atomic mass is 9.94. The number of Topliss-reactive ketones (excluding diaryl/α,β-unsaturated/α-hetero) is 1. The lowest BCUT2D eigenvalue weighted by Crippen LogP contribution is -2.35. The Balaban J connectivity index is 2.09. The molecule has 0 saturated heterocycles. The summed E-state index contributed by atoms with van der Waals surface area (Å²) in [5, 5.41) is 0. The second kappa shape index (κ2) is 4.16. The molecule has 0 saturated carbocycles. The molecule has 0 amide bonds. The number of benzene rings is 2. The Bertz CT molecular complexity index is 640. The van der Waals surface area contributed by atoms with Gasteiger partial charge >= 0.3 is 0 Å². The molecule has 1 aliphatic heterocycles. The number of hydrogen-bond donors (Lipinski definition) is 0. The average molecular weight is 260 g/mol. The van der Waals surface area contributed by atoms with Gasteiger partial charge in [0.25, 0.3) is 5.85 Å². The van der Waals surface area contributed by atoms with E-state index in [2.05, 4.69) is 0 Å². The van der Waals surface area contributed by atoms with Gasteiger partial charge in [-0.25, -0.2) is 4.39 Å². The fraction of sp³-hybridized carbons (Fsp3) is 0.133. The van der Waals surface area contributed by atoms with Crippen LogP contribution in [0.4, 0.5) is 8.78 Å². The summed E-state index contributed by atoms with van der Waals surface area (Å²) in [4.78, 5) is 11.9. The molecule has 19 heavy (non-hydrogen) atoms. The largest absolute Gasteiger partial charge is 0.452 e. The van der Waals surface area contributed by atoms with E-state index in [1.165, 1.54) is 24.3 Å². The molecule has 0 radical (unpaired) electrons. The zero-order chi connectivity index (χ0) is 13.5. The van der Waals surface area contributed by atoms with Crippen molar-refractivity contribution in [3.05, 3.63) is 65.5 Å². The van der Waals surface area contributed by atoms with Crippen molar-refractivity contribution in [1.82, 2.24) is 0 Å². The van der Waals surface area contributed by atoms with Gasteiger partial charge in [-0.2, -0.15) is 4.39 Å². The van der Waals surface area contributed by atoms with Gasteiger partial charge in [-0.3, -0.25) is 4.79 Å². The second-order valence-electron chi connectivity index (χ2n) is 4.41. The quantitative estimate of drug-likeness (QED) is 0.782. The maximum absolute atomic E-state index is 14.8. The smallest absolute Gasteiger partial charge is 0.281 e. The van der Waals surface area contributed by atoms with Gasteiger partial charge in [0.2, 0.25) is 0 Å². The second-order valence-corrected chi connectivity index (χ2v) is 4.41. The molecule has 1 aliphatic rings. The molecule has 96 valence electrons. The van der Waals surface area contributed by atoms with Crippen molar-refractivity contribution in [3.63, 3.8) is 0 Å². The third kappa shape index (κ3) is 1.89. The average Bonchev–Trinajstić information content (AvgIpc) is 2.39. The summed E-state index contributed by atoms with van der Waals surface area (Å²) in [6, 6.07) is 12.1. The van der Waals surface area contributed by atoms with E-state index in [1.54, 1.807) is 18.2 Å². The molecule has 1 heterocycles. The number of fused-ring (bicyclic) bond motifs is 1. The molecule has 0 bridgehead atoms. The van der Waals surface area contributed by atoms with Crippen molar-refractivity contribution in [1.29, 1.82) is 0 Å². The van der Waals surface area contributed by atoms with Gasteiger partial charge in [-0.05, 0) is 12.1 Å². The lowest BCUT2D eigenvalue weighted by molar-refractivity contribution is -0.0748. The Kier molecular flexibility index (Phi) is 2.59. The Morgan fingerprint density at radius 2 is 1.79 bits per heavy atom. The van der Waals surface area contributed by atoms with Gasteiger partial charge in [0, 0.05) is 5.56 Å². The maximum Gasteiger partial charge on any atom is 0.281 e. The van der Waals surface area contributed by atoms with Gasteiger partial charge in [0.05, 0.1) is 12.0 Å². The summed E-state index contributed by atoms with van der Waals surface area (Å²) in [5.74, 6) is -3.56. The monoisotopic (exact) mass is 260 g/mol. The van der Waals surface area contributed by atoms with Gasteiger partial charge in [-0.1, -0.05) is 36.4 Å². The summed E-state index contributed by atoms with van der Waals surface area (Å²) in [6.07, 6.45) is -0.523. The molecule has 0 spiro atoms. The maximum atomic E-state index is 14.8. The van der Waals surface area contributed by atoms with Crippen LogP contribution in [0, 0.1) is 5.82 Å². The Labute approximate surface area is 108 Å². The highest BCUT2D eigenvalue weighted by Crippen LogP contribution is 2.41. The van der Waals surface area contributed by atoms with Crippen LogP contribution >= 0.6 is 0 Å². The molecule has 0 N–H and O–H groups in total. The third-order valence-corrected chi connectivity index (χ3v) is 3.12. The van der Waals surface area contributed by atoms with E-state index in [4.69, 9.17) is 4.74 Å². The van der Waals surface area contributed by atoms with Crippen LogP contribution in [0.3, 0.4) is 0 Å². The van der Waals surface area contributed by atoms with Crippen molar-refractivity contribution in [3.8, 4) is 5.75 Å². The summed E-state index contributed by atoms with van der Waals surface area (Å²) in [6.45, 7) is 0. The predicted molar refractivity (Wildman–Crippen MR) is 65.2 cm³/mol. The van der Waals surface area contributed by atoms with Crippen molar-refractivity contribution < 1.29 is 18.3 Å². The number of ketones is 1. The van der Waals surface area contributed by atoms with Crippen molar-refractivity contribution in [2.24, 2.45) is 0 Å². The molecular weight excluding hydrogens is 250 g/mol. The van der Waals surface area contributed by atoms with Gasteiger partial charge in [0.15, 0.2) is 5.78 Å². The number of halogens is 2. The summed E-state index contributed by atoms with van der Waals surface area (Å²) >= 11 is 0. The summed E-state index contributed by atoms with van der Waals surface area (Å²) in [7, 11) is 0. The van der Waals surface area contributed by atoms with Crippen LogP contribution in [0.5, 0.6) is 5.75 Å². The van der Waals surface area contributed by atoms with E-state index in [0.717, 1.165) is 6.07 Å². The lowest BCUT2D eigenvalue weighted by Gasteiger charge is -2.31. The van der Waals surface area contributed by atoms with E-state index in [1.807, 2.05) is 0 Å². The van der Waals surface area contributed by atoms with Crippen molar-refractivity contribution in [2.75, 3.05) is 0 Å². The number of carbonyl (C=O) groups excluding carboxylic acids is 1. The number of rotatable bonds is 1. The van der Waals surface area contributed by atoms with Crippen LogP contribution in [0.1, 0.15) is 22.3 Å². The van der Waals surface area contributed by atoms with Crippen molar-refractivity contribution >= 4 is 5.78 Å². The normalized spacial score (nSPS) is 21.7. The topological polar surface area (TPSA) is 26.3 Å². The minimum absolute atomic E-state index is 0.0531. The van der Waals surface area contributed by atoms with Crippen LogP contribution in [-0.2, 0) is 5.85 Å². The minimum Gasteiger partial charge on any atom is -0.452 e. The fourth-order valence-corrected chi connectivity index (χ4v) is 2.21. The first kappa shape index (κ1) is 11.8. The standard InChI is InChI=1S/C15H10F2O2/c16-11-7-4-8-13-14(11)12(18)9-15(17,19-13)10-5-2-1-3-6-10/h1-8H,9H2. The summed E-state index contributed by atoms with van der Waals surface area (Å²) in [5.41, 5.74) is 0.0740. The fourth-order valence-electron chi connectivity index (χ4n) is 2.21. The molecule has 3 rings (SSSR count). The first-order chi connectivity index (χ1) is 9.10. The molecule has 0 fully saturated rings. The minimum atomic E-state index is -2.24. The molecule has 0 aliphatic carbocycles. The molecule has 1 unspecified atom stereocenters. The van der Waals surface area contributed by atoms with Crippen LogP contribution in [0.2, 0.25) is 0 Å². The third-order valence-electron chi connectivity index (χ3n) is 3.12. The first-order valence-electron chi connectivity index (χ1n) is 5.85. The number of ether oxygens (including phenoxy) is 1. The van der Waals surface area contributed by atoms with E-state index in [9.17, 15) is 13.6 Å². The van der Waals surface area contributed by atoms with Gasteiger partial charge in [-0.15, -0.1) is 0 Å². The van der Waals surface area contributed by atoms with Crippen LogP contribution in [0.15, 0.2) is 48.5 Å². The molecule has 2 aromatic rings. The zero-order valence-corrected chi connectivity index (χ0v) is 9.90. The Hall–Kier alpha value is -2.23. The molecule has 4 heteroatoms. The predicted octanol–water partition coefficient (Wildman–Crippen LogP) is 3.61. The highest BCUT2D eigenvalue weighted by molar-refractivity contribution is 6.00. The van der Waals surface area contributed by atoms with E-state index < -0.39 is 23.9 Å². The number of carbonyl (C=O) groups is 1. The van der Waals surface area contributed by atoms with Crippen LogP contribution < -0.4 is 4.74 Å². The van der Waals surface area contributed by atoms with Crippen molar-refractivity contribution in [2.45, 2.75) is 12.3 Å². The van der Waals surface area contributed by atoms with Gasteiger partial charge < -0.3 is 4.74 Å². The van der Waals surface area contributed by atoms with E-state index >= 15 is 0 Å².